The smallest absolute Gasteiger partial charge is 0.333 e. The molecule has 0 bridgehead atoms. The molecule has 12 heteroatoms. The molecule has 6 nitrogen and oxygen atoms in total. The fraction of sp³-hybridized carbons (Fsp3) is 0.364. The number of rotatable bonds is 4. The molecule has 1 fully saturated rings. The van der Waals surface area contributed by atoms with Gasteiger partial charge in [-0.1, -0.05) is 25.0 Å². The predicted molar refractivity (Wildman–Crippen MR) is 113 cm³/mol. The molecule has 0 aromatic heterocycles. The third-order valence-electron chi connectivity index (χ3n) is 5.29. The van der Waals surface area contributed by atoms with Crippen molar-refractivity contribution < 1.29 is 35.9 Å². The van der Waals surface area contributed by atoms with E-state index in [1.54, 1.807) is 0 Å². The number of nitrogens with one attached hydrogen (secondary N) is 4. The van der Waals surface area contributed by atoms with Gasteiger partial charge in [0.25, 0.3) is 0 Å². The van der Waals surface area contributed by atoms with Crippen LogP contribution in [-0.4, -0.2) is 24.1 Å². The van der Waals surface area contributed by atoms with Crippen molar-refractivity contribution >= 4 is 23.4 Å². The molecule has 184 valence electrons. The van der Waals surface area contributed by atoms with E-state index in [9.17, 15) is 35.9 Å². The maximum absolute atomic E-state index is 12.9. The molecule has 4 amide bonds. The van der Waals surface area contributed by atoms with Crippen LogP contribution in [0.15, 0.2) is 48.5 Å². The zero-order valence-electron chi connectivity index (χ0n) is 17.7. The molecule has 0 spiro atoms. The fourth-order valence-corrected chi connectivity index (χ4v) is 3.69. The maximum atomic E-state index is 12.9. The summed E-state index contributed by atoms with van der Waals surface area (Å²) < 4.78 is 77.1. The Hall–Kier alpha value is -3.44. The number of alkyl halides is 6. The van der Waals surface area contributed by atoms with E-state index < -0.39 is 47.6 Å². The third kappa shape index (κ3) is 7.03. The predicted octanol–water partition coefficient (Wildman–Crippen LogP) is 5.98. The highest BCUT2D eigenvalue weighted by atomic mass is 19.4. The summed E-state index contributed by atoms with van der Waals surface area (Å²) in [5, 5.41) is 10.0. The molecule has 0 unspecified atom stereocenters. The van der Waals surface area contributed by atoms with Crippen LogP contribution in [0.2, 0.25) is 0 Å². The van der Waals surface area contributed by atoms with Gasteiger partial charge in [-0.25, -0.2) is 9.59 Å². The summed E-state index contributed by atoms with van der Waals surface area (Å²) in [5.41, 5.74) is -1.91. The second-order valence-corrected chi connectivity index (χ2v) is 7.85. The standard InChI is InChI=1S/C22H22F6N4O2/c23-21(24,25)13-5-3-7-15(11-13)29-19(33)31-17-9-1-2-10-18(17)32-20(34)30-16-8-4-6-14(12-16)22(26,27)28/h3-8,11-12,17-18H,1-2,9-10H2,(H2,29,31,33)(H2,30,32,34)/t17-,18-/m0/s1. The van der Waals surface area contributed by atoms with Crippen molar-refractivity contribution in [2.45, 2.75) is 50.1 Å². The molecule has 1 saturated carbocycles. The minimum Gasteiger partial charge on any atom is -0.333 e. The van der Waals surface area contributed by atoms with Crippen LogP contribution in [0, 0.1) is 0 Å². The van der Waals surface area contributed by atoms with Gasteiger partial charge in [0.2, 0.25) is 0 Å². The lowest BCUT2D eigenvalue weighted by Gasteiger charge is -2.32. The lowest BCUT2D eigenvalue weighted by Crippen LogP contribution is -2.54. The topological polar surface area (TPSA) is 82.3 Å². The second-order valence-electron chi connectivity index (χ2n) is 7.85. The molecule has 3 rings (SSSR count). The molecule has 2 aromatic carbocycles. The van der Waals surface area contributed by atoms with Gasteiger partial charge in [-0.3, -0.25) is 0 Å². The highest BCUT2D eigenvalue weighted by Gasteiger charge is 2.32. The summed E-state index contributed by atoms with van der Waals surface area (Å²) >= 11 is 0. The number of benzene rings is 2. The van der Waals surface area contributed by atoms with Crippen molar-refractivity contribution in [1.82, 2.24) is 10.6 Å². The molecule has 4 N–H and O–H groups in total. The summed E-state index contributed by atoms with van der Waals surface area (Å²) in [4.78, 5) is 24.7. The summed E-state index contributed by atoms with van der Waals surface area (Å²) in [6, 6.07) is 5.81. The Kier molecular flexibility index (Phi) is 7.57. The first-order valence-corrected chi connectivity index (χ1v) is 10.4. The van der Waals surface area contributed by atoms with E-state index >= 15 is 0 Å². The minimum atomic E-state index is -4.56. The average Bonchev–Trinajstić information content (AvgIpc) is 2.74. The van der Waals surface area contributed by atoms with Gasteiger partial charge in [0.1, 0.15) is 0 Å². The Labute approximate surface area is 191 Å². The molecule has 0 heterocycles. The van der Waals surface area contributed by atoms with Gasteiger partial charge in [-0.15, -0.1) is 0 Å². The zero-order valence-corrected chi connectivity index (χ0v) is 17.7. The van der Waals surface area contributed by atoms with Crippen molar-refractivity contribution in [3.05, 3.63) is 59.7 Å². The molecular formula is C22H22F6N4O2. The van der Waals surface area contributed by atoms with Gasteiger partial charge in [0.05, 0.1) is 23.2 Å². The van der Waals surface area contributed by atoms with Crippen molar-refractivity contribution in [3.63, 3.8) is 0 Å². The van der Waals surface area contributed by atoms with Crippen LogP contribution >= 0.6 is 0 Å². The summed E-state index contributed by atoms with van der Waals surface area (Å²) in [5.74, 6) is 0. The van der Waals surface area contributed by atoms with Crippen LogP contribution in [-0.2, 0) is 12.4 Å². The molecule has 2 atom stereocenters. The number of carbonyl (C=O) groups excluding carboxylic acids is 2. The molecule has 0 saturated heterocycles. The van der Waals surface area contributed by atoms with Gasteiger partial charge in [0, 0.05) is 11.4 Å². The van der Waals surface area contributed by atoms with Crippen molar-refractivity contribution in [3.8, 4) is 0 Å². The molecular weight excluding hydrogens is 466 g/mol. The molecule has 34 heavy (non-hydrogen) atoms. The van der Waals surface area contributed by atoms with Gasteiger partial charge < -0.3 is 21.3 Å². The van der Waals surface area contributed by atoms with Crippen molar-refractivity contribution in [1.29, 1.82) is 0 Å². The molecule has 1 aliphatic rings. The van der Waals surface area contributed by atoms with Crippen LogP contribution in [0.3, 0.4) is 0 Å². The zero-order chi connectivity index (χ0) is 24.9. The van der Waals surface area contributed by atoms with Crippen LogP contribution in [0.1, 0.15) is 36.8 Å². The van der Waals surface area contributed by atoms with Crippen LogP contribution in [0.5, 0.6) is 0 Å². The Morgan fingerprint density at radius 3 is 1.41 bits per heavy atom. The van der Waals surface area contributed by atoms with E-state index in [1.165, 1.54) is 24.3 Å². The Bertz CT molecular complexity index is 943. The number of anilines is 2. The maximum Gasteiger partial charge on any atom is 0.416 e. The minimum absolute atomic E-state index is 0.0464. The highest BCUT2D eigenvalue weighted by molar-refractivity contribution is 5.91. The van der Waals surface area contributed by atoms with E-state index in [1.807, 2.05) is 0 Å². The number of amides is 4. The lowest BCUT2D eigenvalue weighted by molar-refractivity contribution is -0.138. The number of carbonyl (C=O) groups is 2. The van der Waals surface area contributed by atoms with Crippen LogP contribution < -0.4 is 21.3 Å². The lowest BCUT2D eigenvalue weighted by atomic mass is 9.90. The number of hydrogen-bond donors (Lipinski definition) is 4. The number of halogens is 6. The van der Waals surface area contributed by atoms with Gasteiger partial charge >= 0.3 is 24.4 Å². The van der Waals surface area contributed by atoms with Crippen LogP contribution in [0.4, 0.5) is 47.3 Å². The average molecular weight is 488 g/mol. The largest absolute Gasteiger partial charge is 0.416 e. The number of urea groups is 2. The van der Waals surface area contributed by atoms with E-state index in [0.717, 1.165) is 37.1 Å². The van der Waals surface area contributed by atoms with Crippen LogP contribution in [0.25, 0.3) is 0 Å². The van der Waals surface area contributed by atoms with E-state index in [-0.39, 0.29) is 11.4 Å². The monoisotopic (exact) mass is 488 g/mol. The Morgan fingerprint density at radius 1 is 0.676 bits per heavy atom. The summed E-state index contributed by atoms with van der Waals surface area (Å²) in [7, 11) is 0. The number of hydrogen-bond acceptors (Lipinski definition) is 2. The highest BCUT2D eigenvalue weighted by Crippen LogP contribution is 2.31. The normalized spacial score (nSPS) is 18.6. The molecule has 2 aromatic rings. The van der Waals surface area contributed by atoms with Crippen molar-refractivity contribution in [2.75, 3.05) is 10.6 Å². The van der Waals surface area contributed by atoms with E-state index in [2.05, 4.69) is 21.3 Å². The van der Waals surface area contributed by atoms with E-state index in [0.29, 0.717) is 12.8 Å². The third-order valence-corrected chi connectivity index (χ3v) is 5.29. The molecule has 0 aliphatic heterocycles. The first kappa shape index (κ1) is 25.2. The Balaban J connectivity index is 1.59. The fourth-order valence-electron chi connectivity index (χ4n) is 3.69. The quantitative estimate of drug-likeness (QED) is 0.400. The SMILES string of the molecule is O=C(Nc1cccc(C(F)(F)F)c1)N[C@H]1CCCC[C@@H]1NC(=O)Nc1cccc(C(F)(F)F)c1. The van der Waals surface area contributed by atoms with Gasteiger partial charge in [0.15, 0.2) is 0 Å². The molecule has 1 aliphatic carbocycles. The van der Waals surface area contributed by atoms with Gasteiger partial charge in [-0.05, 0) is 49.2 Å². The van der Waals surface area contributed by atoms with Crippen molar-refractivity contribution in [2.24, 2.45) is 0 Å². The second kappa shape index (κ2) is 10.2. The summed E-state index contributed by atoms with van der Waals surface area (Å²) in [6.45, 7) is 0. The molecule has 0 radical (unpaired) electrons. The Morgan fingerprint density at radius 2 is 1.06 bits per heavy atom. The van der Waals surface area contributed by atoms with Gasteiger partial charge in [-0.2, -0.15) is 26.3 Å². The first-order valence-electron chi connectivity index (χ1n) is 10.4. The van der Waals surface area contributed by atoms with E-state index in [4.69, 9.17) is 0 Å². The summed E-state index contributed by atoms with van der Waals surface area (Å²) in [6.07, 6.45) is -6.60. The first-order chi connectivity index (χ1) is 15.9.